The molecule has 0 aliphatic carbocycles. The molecule has 0 atom stereocenters. The number of rotatable bonds is 5. The second kappa shape index (κ2) is 9.68. The molecule has 0 unspecified atom stereocenters. The van der Waals surface area contributed by atoms with Crippen LogP contribution in [-0.2, 0) is 4.79 Å². The van der Waals surface area contributed by atoms with E-state index in [-0.39, 0.29) is 18.4 Å². The summed E-state index contributed by atoms with van der Waals surface area (Å²) < 4.78 is 1.09. The van der Waals surface area contributed by atoms with E-state index >= 15 is 0 Å². The van der Waals surface area contributed by atoms with E-state index < -0.39 is 11.1 Å². The van der Waals surface area contributed by atoms with Gasteiger partial charge < -0.3 is 4.90 Å². The molecule has 0 saturated carbocycles. The van der Waals surface area contributed by atoms with Crippen LogP contribution in [-0.4, -0.2) is 46.1 Å². The third-order valence-corrected chi connectivity index (χ3v) is 5.76. The summed E-state index contributed by atoms with van der Waals surface area (Å²) in [5.74, 6) is -0.458. The van der Waals surface area contributed by atoms with Gasteiger partial charge in [0.2, 0.25) is 5.91 Å². The van der Waals surface area contributed by atoms with Gasteiger partial charge in [-0.1, -0.05) is 23.8 Å². The fourth-order valence-electron chi connectivity index (χ4n) is 3.93. The third kappa shape index (κ3) is 5.11. The van der Waals surface area contributed by atoms with Crippen LogP contribution < -0.4 is 16.0 Å². The van der Waals surface area contributed by atoms with Gasteiger partial charge in [-0.05, 0) is 56.5 Å². The van der Waals surface area contributed by atoms with Crippen LogP contribution in [0.2, 0.25) is 0 Å². The Hall–Kier alpha value is -3.94. The number of amides is 2. The Bertz CT molecular complexity index is 1270. The van der Waals surface area contributed by atoms with Gasteiger partial charge in [0.25, 0.3) is 17.0 Å². The molecule has 1 N–H and O–H groups in total. The topological polar surface area (TPSA) is 95.5 Å². The van der Waals surface area contributed by atoms with Gasteiger partial charge in [0.1, 0.15) is 6.54 Å². The monoisotopic (exact) mass is 446 g/mol. The third-order valence-electron chi connectivity index (χ3n) is 5.76. The number of aryl methyl sites for hydroxylation is 1. The second-order valence-electron chi connectivity index (χ2n) is 8.20. The van der Waals surface area contributed by atoms with Crippen LogP contribution in [0.5, 0.6) is 0 Å². The van der Waals surface area contributed by atoms with Crippen LogP contribution in [0.25, 0.3) is 5.69 Å². The highest BCUT2D eigenvalue weighted by Crippen LogP contribution is 2.20. The van der Waals surface area contributed by atoms with Crippen molar-refractivity contribution in [2.75, 3.05) is 24.5 Å². The van der Waals surface area contributed by atoms with Gasteiger partial charge in [0.05, 0.1) is 5.69 Å². The molecule has 1 aliphatic heterocycles. The van der Waals surface area contributed by atoms with E-state index in [9.17, 15) is 19.2 Å². The normalized spacial score (nSPS) is 13.5. The van der Waals surface area contributed by atoms with Crippen LogP contribution in [0.3, 0.4) is 0 Å². The highest BCUT2D eigenvalue weighted by atomic mass is 16.2. The molecule has 1 fully saturated rings. The smallest absolute Gasteiger partial charge is 0.269 e. The first-order valence-electron chi connectivity index (χ1n) is 11.0. The number of nitrogens with zero attached hydrogens (tertiary/aromatic N) is 3. The average Bonchev–Trinajstić information content (AvgIpc) is 2.85. The van der Waals surface area contributed by atoms with Crippen LogP contribution in [0.1, 0.15) is 35.2 Å². The Balaban J connectivity index is 1.68. The molecule has 170 valence electrons. The summed E-state index contributed by atoms with van der Waals surface area (Å²) >= 11 is 0. The number of H-pyrrole nitrogens is 1. The van der Waals surface area contributed by atoms with Crippen LogP contribution in [0.15, 0.2) is 70.3 Å². The number of carbonyl (C=O) groups is 2. The lowest BCUT2D eigenvalue weighted by molar-refractivity contribution is -0.130. The van der Waals surface area contributed by atoms with Crippen molar-refractivity contribution in [2.45, 2.75) is 26.2 Å². The van der Waals surface area contributed by atoms with Crippen molar-refractivity contribution in [3.05, 3.63) is 92.5 Å². The zero-order valence-electron chi connectivity index (χ0n) is 18.5. The molecular weight excluding hydrogens is 420 g/mol. The summed E-state index contributed by atoms with van der Waals surface area (Å²) in [6.07, 6.45) is 3.05. The largest absolute Gasteiger partial charge is 0.341 e. The second-order valence-corrected chi connectivity index (χ2v) is 8.20. The van der Waals surface area contributed by atoms with E-state index in [4.69, 9.17) is 0 Å². The lowest BCUT2D eigenvalue weighted by atomic mass is 10.1. The molecule has 1 saturated heterocycles. The van der Waals surface area contributed by atoms with Gasteiger partial charge >= 0.3 is 0 Å². The van der Waals surface area contributed by atoms with E-state index in [0.717, 1.165) is 35.6 Å². The zero-order chi connectivity index (χ0) is 23.4. The quantitative estimate of drug-likeness (QED) is 0.651. The fraction of sp³-hybridized carbons (Fsp3) is 0.280. The minimum atomic E-state index is -0.431. The fourth-order valence-corrected chi connectivity index (χ4v) is 3.93. The summed E-state index contributed by atoms with van der Waals surface area (Å²) in [7, 11) is 0. The number of aromatic nitrogens is 2. The van der Waals surface area contributed by atoms with Crippen molar-refractivity contribution in [1.82, 2.24) is 14.7 Å². The summed E-state index contributed by atoms with van der Waals surface area (Å²) in [4.78, 5) is 53.8. The molecule has 2 heterocycles. The number of benzene rings is 2. The maximum atomic E-state index is 13.6. The van der Waals surface area contributed by atoms with Crippen molar-refractivity contribution in [3.63, 3.8) is 0 Å². The lowest BCUT2D eigenvalue weighted by Crippen LogP contribution is -2.45. The first-order valence-corrected chi connectivity index (χ1v) is 11.0. The molecule has 0 spiro atoms. The number of carbonyl (C=O) groups excluding carboxylic acids is 2. The molecule has 4 rings (SSSR count). The molecule has 2 aromatic carbocycles. The van der Waals surface area contributed by atoms with Gasteiger partial charge in [0.15, 0.2) is 0 Å². The van der Waals surface area contributed by atoms with Gasteiger partial charge in [-0.2, -0.15) is 0 Å². The first-order chi connectivity index (χ1) is 15.9. The zero-order valence-corrected chi connectivity index (χ0v) is 18.5. The van der Waals surface area contributed by atoms with Crippen molar-refractivity contribution in [1.29, 1.82) is 0 Å². The molecule has 8 nitrogen and oxygen atoms in total. The lowest BCUT2D eigenvalue weighted by Gasteiger charge is -2.30. The first kappa shape index (κ1) is 22.3. The Morgan fingerprint density at radius 3 is 2.39 bits per heavy atom. The van der Waals surface area contributed by atoms with Crippen LogP contribution in [0.4, 0.5) is 5.69 Å². The summed E-state index contributed by atoms with van der Waals surface area (Å²) in [5, 5.41) is 2.46. The molecular formula is C25H26N4O4. The van der Waals surface area contributed by atoms with E-state index in [1.165, 1.54) is 17.0 Å². The number of hydrogen-bond donors (Lipinski definition) is 1. The number of anilines is 1. The highest BCUT2D eigenvalue weighted by molar-refractivity contribution is 6.09. The number of hydrogen-bond acceptors (Lipinski definition) is 4. The molecule has 1 aliphatic rings. The van der Waals surface area contributed by atoms with Crippen molar-refractivity contribution >= 4 is 17.5 Å². The summed E-state index contributed by atoms with van der Waals surface area (Å²) in [6.45, 7) is 3.29. The molecule has 2 amide bonds. The van der Waals surface area contributed by atoms with E-state index in [1.807, 2.05) is 36.1 Å². The van der Waals surface area contributed by atoms with Gasteiger partial charge in [0, 0.05) is 36.5 Å². The molecule has 1 aromatic heterocycles. The van der Waals surface area contributed by atoms with Gasteiger partial charge in [-0.3, -0.25) is 29.2 Å². The maximum absolute atomic E-state index is 13.6. The summed E-state index contributed by atoms with van der Waals surface area (Å²) in [6, 6.07) is 16.2. The SMILES string of the molecule is Cc1ccc(N(CC(=O)N2CCCCC2)C(=O)c2cccc(-n3[nH]c(=O)ccc3=O)c2)cc1. The Kier molecular flexibility index (Phi) is 6.53. The Morgan fingerprint density at radius 2 is 1.67 bits per heavy atom. The van der Waals surface area contributed by atoms with Gasteiger partial charge in [-0.25, -0.2) is 4.68 Å². The van der Waals surface area contributed by atoms with Gasteiger partial charge in [-0.15, -0.1) is 0 Å². The minimum absolute atomic E-state index is 0.0752. The van der Waals surface area contributed by atoms with Crippen LogP contribution >= 0.6 is 0 Å². The molecule has 8 heteroatoms. The van der Waals surface area contributed by atoms with E-state index in [0.29, 0.717) is 30.0 Å². The predicted octanol–water partition coefficient (Wildman–Crippen LogP) is 2.49. The highest BCUT2D eigenvalue weighted by Gasteiger charge is 2.25. The Labute approximate surface area is 191 Å². The maximum Gasteiger partial charge on any atom is 0.269 e. The minimum Gasteiger partial charge on any atom is -0.341 e. The van der Waals surface area contributed by atoms with E-state index in [2.05, 4.69) is 5.10 Å². The standard InChI is InChI=1S/C25H26N4O4/c1-18-8-10-20(11-9-18)28(17-24(32)27-14-3-2-4-15-27)25(33)19-6-5-7-21(16-19)29-23(31)13-12-22(30)26-29/h5-13,16H,2-4,14-15,17H2,1H3,(H,26,30). The Morgan fingerprint density at radius 1 is 0.939 bits per heavy atom. The van der Waals surface area contributed by atoms with Crippen molar-refractivity contribution < 1.29 is 9.59 Å². The number of piperidine rings is 1. The average molecular weight is 447 g/mol. The molecule has 0 bridgehead atoms. The molecule has 33 heavy (non-hydrogen) atoms. The van der Waals surface area contributed by atoms with Crippen LogP contribution in [0, 0.1) is 6.92 Å². The summed E-state index contributed by atoms with van der Waals surface area (Å²) in [5.41, 5.74) is 1.47. The van der Waals surface area contributed by atoms with Crippen molar-refractivity contribution in [3.8, 4) is 5.69 Å². The molecule has 0 radical (unpaired) electrons. The number of likely N-dealkylation sites (tertiary alicyclic amines) is 1. The molecule has 3 aromatic rings. The number of nitrogens with one attached hydrogen (secondary N) is 1. The predicted molar refractivity (Wildman–Crippen MR) is 126 cm³/mol. The number of aromatic amines is 1. The van der Waals surface area contributed by atoms with E-state index in [1.54, 1.807) is 18.2 Å². The van der Waals surface area contributed by atoms with Crippen molar-refractivity contribution in [2.24, 2.45) is 0 Å².